The van der Waals surface area contributed by atoms with Gasteiger partial charge in [0, 0.05) is 11.1 Å². The van der Waals surface area contributed by atoms with Crippen LogP contribution in [0.1, 0.15) is 24.2 Å². The highest BCUT2D eigenvalue weighted by Gasteiger charge is 2.04. The molecule has 18 heavy (non-hydrogen) atoms. The number of aromatic nitrogens is 1. The minimum Gasteiger partial charge on any atom is -0.455 e. The Labute approximate surface area is 112 Å². The van der Waals surface area contributed by atoms with E-state index in [9.17, 15) is 0 Å². The maximum Gasteiger partial charge on any atom is 0.145 e. The van der Waals surface area contributed by atoms with Crippen LogP contribution >= 0.6 is 11.6 Å². The number of aryl methyl sites for hydroxylation is 1. The predicted octanol–water partition coefficient (Wildman–Crippen LogP) is 3.86. The molecule has 2 N–H and O–H groups in total. The number of benzene rings is 1. The number of ether oxygens (including phenoxy) is 1. The summed E-state index contributed by atoms with van der Waals surface area (Å²) < 4.78 is 5.74. The molecule has 0 saturated carbocycles. The average molecular weight is 263 g/mol. The van der Waals surface area contributed by atoms with Crippen molar-refractivity contribution < 1.29 is 4.74 Å². The minimum atomic E-state index is -0.0729. The smallest absolute Gasteiger partial charge is 0.145 e. The number of pyridine rings is 1. The standard InChI is InChI=1S/C14H15ClN2O/c1-9-7-11(15)3-6-14(9)18-12-4-5-13(10(2)16)17-8-12/h3-8,10H,16H2,1-2H3. The number of nitrogens with zero attached hydrogens (tertiary/aromatic N) is 1. The van der Waals surface area contributed by atoms with E-state index >= 15 is 0 Å². The summed E-state index contributed by atoms with van der Waals surface area (Å²) in [5.74, 6) is 1.46. The molecule has 2 rings (SSSR count). The molecule has 0 aliphatic carbocycles. The number of hydrogen-bond donors (Lipinski definition) is 1. The van der Waals surface area contributed by atoms with Crippen LogP contribution in [0.15, 0.2) is 36.5 Å². The molecule has 1 aromatic heterocycles. The fraction of sp³-hybridized carbons (Fsp3) is 0.214. The second kappa shape index (κ2) is 5.38. The Morgan fingerprint density at radius 3 is 2.61 bits per heavy atom. The lowest BCUT2D eigenvalue weighted by atomic mass is 10.2. The van der Waals surface area contributed by atoms with Crippen LogP contribution in [0.4, 0.5) is 0 Å². The molecule has 2 aromatic rings. The first-order chi connectivity index (χ1) is 8.56. The van der Waals surface area contributed by atoms with Gasteiger partial charge in [0.15, 0.2) is 0 Å². The SMILES string of the molecule is Cc1cc(Cl)ccc1Oc1ccc(C(C)N)nc1. The largest absolute Gasteiger partial charge is 0.455 e. The molecule has 1 atom stereocenters. The Balaban J connectivity index is 2.18. The van der Waals surface area contributed by atoms with Gasteiger partial charge < -0.3 is 10.5 Å². The van der Waals surface area contributed by atoms with Gasteiger partial charge in [-0.3, -0.25) is 4.98 Å². The van der Waals surface area contributed by atoms with Gasteiger partial charge in [-0.2, -0.15) is 0 Å². The summed E-state index contributed by atoms with van der Waals surface area (Å²) in [6, 6.07) is 9.16. The predicted molar refractivity (Wildman–Crippen MR) is 73.1 cm³/mol. The fourth-order valence-electron chi connectivity index (χ4n) is 1.58. The van der Waals surface area contributed by atoms with Gasteiger partial charge in [-0.1, -0.05) is 11.6 Å². The maximum absolute atomic E-state index is 5.89. The van der Waals surface area contributed by atoms with Crippen molar-refractivity contribution in [3.63, 3.8) is 0 Å². The lowest BCUT2D eigenvalue weighted by Crippen LogP contribution is -2.06. The summed E-state index contributed by atoms with van der Waals surface area (Å²) in [6.07, 6.45) is 1.67. The normalized spacial score (nSPS) is 12.2. The molecule has 0 aliphatic heterocycles. The van der Waals surface area contributed by atoms with E-state index in [-0.39, 0.29) is 6.04 Å². The van der Waals surface area contributed by atoms with Crippen LogP contribution in [0.25, 0.3) is 0 Å². The van der Waals surface area contributed by atoms with Crippen LogP contribution < -0.4 is 10.5 Å². The molecule has 4 heteroatoms. The van der Waals surface area contributed by atoms with E-state index < -0.39 is 0 Å². The van der Waals surface area contributed by atoms with E-state index in [1.54, 1.807) is 12.3 Å². The van der Waals surface area contributed by atoms with Crippen molar-refractivity contribution in [2.75, 3.05) is 0 Å². The molecule has 0 amide bonds. The Bertz CT molecular complexity index is 538. The number of hydrogen-bond acceptors (Lipinski definition) is 3. The Morgan fingerprint density at radius 1 is 1.28 bits per heavy atom. The van der Waals surface area contributed by atoms with Gasteiger partial charge in [0.1, 0.15) is 11.5 Å². The Morgan fingerprint density at radius 2 is 2.06 bits per heavy atom. The monoisotopic (exact) mass is 262 g/mol. The molecule has 1 heterocycles. The van der Waals surface area contributed by atoms with Gasteiger partial charge in [0.05, 0.1) is 11.9 Å². The molecule has 1 aromatic carbocycles. The third kappa shape index (κ3) is 3.00. The number of halogens is 1. The number of nitrogens with two attached hydrogens (primary N) is 1. The van der Waals surface area contributed by atoms with Crippen molar-refractivity contribution in [1.29, 1.82) is 0 Å². The van der Waals surface area contributed by atoms with Crippen LogP contribution in [0.2, 0.25) is 5.02 Å². The van der Waals surface area contributed by atoms with Crippen LogP contribution in [0, 0.1) is 6.92 Å². The molecule has 0 fully saturated rings. The lowest BCUT2D eigenvalue weighted by Gasteiger charge is -2.10. The fourth-order valence-corrected chi connectivity index (χ4v) is 1.80. The van der Waals surface area contributed by atoms with Crippen molar-refractivity contribution in [2.45, 2.75) is 19.9 Å². The Kier molecular flexibility index (Phi) is 3.84. The molecule has 94 valence electrons. The minimum absolute atomic E-state index is 0.0729. The van der Waals surface area contributed by atoms with Gasteiger partial charge in [-0.25, -0.2) is 0 Å². The van der Waals surface area contributed by atoms with Gasteiger partial charge in [-0.05, 0) is 49.7 Å². The third-order valence-electron chi connectivity index (χ3n) is 2.59. The van der Waals surface area contributed by atoms with Gasteiger partial charge in [-0.15, -0.1) is 0 Å². The van der Waals surface area contributed by atoms with Crippen LogP contribution in [0.5, 0.6) is 11.5 Å². The summed E-state index contributed by atoms with van der Waals surface area (Å²) >= 11 is 5.89. The molecule has 1 unspecified atom stereocenters. The highest BCUT2D eigenvalue weighted by atomic mass is 35.5. The average Bonchev–Trinajstić information content (AvgIpc) is 2.33. The molecular weight excluding hydrogens is 248 g/mol. The molecule has 3 nitrogen and oxygen atoms in total. The van der Waals surface area contributed by atoms with Crippen molar-refractivity contribution in [3.05, 3.63) is 52.8 Å². The first-order valence-electron chi connectivity index (χ1n) is 5.72. The Hall–Kier alpha value is -1.58. The summed E-state index contributed by atoms with van der Waals surface area (Å²) in [5, 5.41) is 0.699. The molecule has 0 spiro atoms. The second-order valence-corrected chi connectivity index (χ2v) is 4.66. The van der Waals surface area contributed by atoms with Gasteiger partial charge in [0.25, 0.3) is 0 Å². The molecule has 0 saturated heterocycles. The van der Waals surface area contributed by atoms with Crippen LogP contribution in [-0.2, 0) is 0 Å². The topological polar surface area (TPSA) is 48.1 Å². The van der Waals surface area contributed by atoms with Crippen molar-refractivity contribution >= 4 is 11.6 Å². The number of rotatable bonds is 3. The summed E-state index contributed by atoms with van der Waals surface area (Å²) in [4.78, 5) is 4.25. The summed E-state index contributed by atoms with van der Waals surface area (Å²) in [7, 11) is 0. The van der Waals surface area contributed by atoms with E-state index in [0.29, 0.717) is 10.8 Å². The van der Waals surface area contributed by atoms with Crippen molar-refractivity contribution in [2.24, 2.45) is 5.73 Å². The van der Waals surface area contributed by atoms with Crippen LogP contribution in [-0.4, -0.2) is 4.98 Å². The summed E-state index contributed by atoms with van der Waals surface area (Å²) in [6.45, 7) is 3.84. The van der Waals surface area contributed by atoms with E-state index in [4.69, 9.17) is 22.1 Å². The van der Waals surface area contributed by atoms with Crippen molar-refractivity contribution in [1.82, 2.24) is 4.98 Å². The first-order valence-corrected chi connectivity index (χ1v) is 6.09. The zero-order valence-corrected chi connectivity index (χ0v) is 11.1. The quantitative estimate of drug-likeness (QED) is 0.914. The molecule has 0 aliphatic rings. The molecule has 0 bridgehead atoms. The van der Waals surface area contributed by atoms with Crippen LogP contribution in [0.3, 0.4) is 0 Å². The van der Waals surface area contributed by atoms with Gasteiger partial charge >= 0.3 is 0 Å². The highest BCUT2D eigenvalue weighted by molar-refractivity contribution is 6.30. The van der Waals surface area contributed by atoms with E-state index in [0.717, 1.165) is 17.0 Å². The lowest BCUT2D eigenvalue weighted by molar-refractivity contribution is 0.475. The van der Waals surface area contributed by atoms with E-state index in [2.05, 4.69) is 4.98 Å². The maximum atomic E-state index is 5.89. The zero-order valence-electron chi connectivity index (χ0n) is 10.4. The van der Waals surface area contributed by atoms with E-state index in [1.165, 1.54) is 0 Å². The first kappa shape index (κ1) is 12.9. The highest BCUT2D eigenvalue weighted by Crippen LogP contribution is 2.27. The third-order valence-corrected chi connectivity index (χ3v) is 2.83. The van der Waals surface area contributed by atoms with E-state index in [1.807, 2.05) is 38.1 Å². The zero-order chi connectivity index (χ0) is 13.1. The second-order valence-electron chi connectivity index (χ2n) is 4.22. The van der Waals surface area contributed by atoms with Crippen molar-refractivity contribution in [3.8, 4) is 11.5 Å². The molecular formula is C14H15ClN2O. The summed E-state index contributed by atoms with van der Waals surface area (Å²) in [5.41, 5.74) is 7.57. The van der Waals surface area contributed by atoms with Gasteiger partial charge in [0.2, 0.25) is 0 Å². The molecule has 0 radical (unpaired) electrons.